The summed E-state index contributed by atoms with van der Waals surface area (Å²) in [4.78, 5) is 0.741. The van der Waals surface area contributed by atoms with Gasteiger partial charge in [-0.25, -0.2) is 0 Å². The van der Waals surface area contributed by atoms with E-state index in [2.05, 4.69) is 62.8 Å². The summed E-state index contributed by atoms with van der Waals surface area (Å²) in [5.74, 6) is 0.846. The molecule has 1 saturated carbocycles. The van der Waals surface area contributed by atoms with E-state index >= 15 is 0 Å². The summed E-state index contributed by atoms with van der Waals surface area (Å²) in [6.45, 7) is 0. The van der Waals surface area contributed by atoms with Crippen molar-refractivity contribution in [1.29, 1.82) is 0 Å². The van der Waals surface area contributed by atoms with Crippen LogP contribution in [0.15, 0.2) is 24.3 Å². The van der Waals surface area contributed by atoms with Crippen LogP contribution in [-0.2, 0) is 6.42 Å². The molecular formula is C13H16BrI. The maximum absolute atomic E-state index is 3.83. The summed E-state index contributed by atoms with van der Waals surface area (Å²) in [6, 6.07) is 8.97. The lowest BCUT2D eigenvalue weighted by Gasteiger charge is -2.27. The summed E-state index contributed by atoms with van der Waals surface area (Å²) in [6.07, 6.45) is 6.81. The van der Waals surface area contributed by atoms with Crippen LogP contribution in [-0.4, -0.2) is 4.83 Å². The van der Waals surface area contributed by atoms with Crippen LogP contribution < -0.4 is 0 Å². The molecule has 0 amide bonds. The van der Waals surface area contributed by atoms with Gasteiger partial charge in [0.1, 0.15) is 0 Å². The molecule has 1 aromatic rings. The number of hydrogen-bond acceptors (Lipinski definition) is 0. The molecule has 1 fully saturated rings. The molecule has 0 saturated heterocycles. The van der Waals surface area contributed by atoms with Gasteiger partial charge in [-0.1, -0.05) is 40.9 Å². The largest absolute Gasteiger partial charge is 0.0888 e. The van der Waals surface area contributed by atoms with Crippen molar-refractivity contribution in [1.82, 2.24) is 0 Å². The summed E-state index contributed by atoms with van der Waals surface area (Å²) in [7, 11) is 0. The van der Waals surface area contributed by atoms with Gasteiger partial charge in [-0.15, -0.1) is 0 Å². The summed E-state index contributed by atoms with van der Waals surface area (Å²) >= 11 is 6.19. The molecule has 2 heteroatoms. The Labute approximate surface area is 114 Å². The Bertz CT molecular complexity index is 307. The van der Waals surface area contributed by atoms with Crippen molar-refractivity contribution in [3.63, 3.8) is 0 Å². The summed E-state index contributed by atoms with van der Waals surface area (Å²) in [5.41, 5.74) is 1.49. The van der Waals surface area contributed by atoms with Gasteiger partial charge in [-0.2, -0.15) is 0 Å². The van der Waals surface area contributed by atoms with Crippen LogP contribution >= 0.6 is 38.5 Å². The Hall–Kier alpha value is 0.430. The molecule has 0 heterocycles. The average molecular weight is 379 g/mol. The van der Waals surface area contributed by atoms with Crippen molar-refractivity contribution in [2.75, 3.05) is 0 Å². The number of alkyl halides is 1. The zero-order valence-electron chi connectivity index (χ0n) is 8.76. The SMILES string of the molecule is BrC1CCCCC1Cc1ccc(I)cc1. The maximum Gasteiger partial charge on any atom is 0.0177 e. The van der Waals surface area contributed by atoms with Gasteiger partial charge in [0.2, 0.25) is 0 Å². The molecule has 2 atom stereocenters. The molecule has 0 bridgehead atoms. The Morgan fingerprint density at radius 3 is 2.47 bits per heavy atom. The van der Waals surface area contributed by atoms with Crippen molar-refractivity contribution in [2.24, 2.45) is 5.92 Å². The van der Waals surface area contributed by atoms with Gasteiger partial charge in [0.05, 0.1) is 0 Å². The third-order valence-electron chi connectivity index (χ3n) is 3.23. The third kappa shape index (κ3) is 3.45. The molecule has 2 unspecified atom stereocenters. The van der Waals surface area contributed by atoms with E-state index in [4.69, 9.17) is 0 Å². The van der Waals surface area contributed by atoms with E-state index in [-0.39, 0.29) is 0 Å². The van der Waals surface area contributed by atoms with Gasteiger partial charge in [0.25, 0.3) is 0 Å². The van der Waals surface area contributed by atoms with E-state index in [1.807, 2.05) is 0 Å². The number of rotatable bonds is 2. The van der Waals surface area contributed by atoms with Gasteiger partial charge < -0.3 is 0 Å². The Kier molecular flexibility index (Phi) is 4.50. The van der Waals surface area contributed by atoms with Crippen molar-refractivity contribution >= 4 is 38.5 Å². The monoisotopic (exact) mass is 378 g/mol. The Morgan fingerprint density at radius 1 is 1.13 bits per heavy atom. The van der Waals surface area contributed by atoms with Crippen LogP contribution in [0, 0.1) is 9.49 Å². The van der Waals surface area contributed by atoms with E-state index < -0.39 is 0 Å². The van der Waals surface area contributed by atoms with E-state index in [0.717, 1.165) is 10.7 Å². The van der Waals surface area contributed by atoms with E-state index in [1.165, 1.54) is 41.2 Å². The first-order chi connectivity index (χ1) is 7.25. The highest BCUT2D eigenvalue weighted by Crippen LogP contribution is 2.32. The van der Waals surface area contributed by atoms with Crippen molar-refractivity contribution < 1.29 is 0 Å². The van der Waals surface area contributed by atoms with Crippen LogP contribution in [0.25, 0.3) is 0 Å². The first-order valence-corrected chi connectivity index (χ1v) is 7.63. The lowest BCUT2D eigenvalue weighted by Crippen LogP contribution is -2.21. The van der Waals surface area contributed by atoms with Crippen molar-refractivity contribution in [3.05, 3.63) is 33.4 Å². The molecular weight excluding hydrogens is 363 g/mol. The molecule has 1 aliphatic carbocycles. The molecule has 82 valence electrons. The maximum atomic E-state index is 3.83. The predicted molar refractivity (Wildman–Crippen MR) is 77.5 cm³/mol. The minimum atomic E-state index is 0.741. The minimum absolute atomic E-state index is 0.741. The highest BCUT2D eigenvalue weighted by molar-refractivity contribution is 14.1. The second-order valence-corrected chi connectivity index (χ2v) is 6.81. The molecule has 2 rings (SSSR count). The zero-order chi connectivity index (χ0) is 10.7. The fourth-order valence-corrected chi connectivity index (χ4v) is 3.45. The van der Waals surface area contributed by atoms with Gasteiger partial charge in [0, 0.05) is 8.40 Å². The molecule has 1 aliphatic rings. The fourth-order valence-electron chi connectivity index (χ4n) is 2.32. The van der Waals surface area contributed by atoms with Crippen molar-refractivity contribution in [2.45, 2.75) is 36.9 Å². The number of hydrogen-bond donors (Lipinski definition) is 0. The van der Waals surface area contributed by atoms with E-state index in [1.54, 1.807) is 0 Å². The lowest BCUT2D eigenvalue weighted by molar-refractivity contribution is 0.373. The van der Waals surface area contributed by atoms with Crippen LogP contribution in [0.3, 0.4) is 0 Å². The van der Waals surface area contributed by atoms with Crippen LogP contribution in [0.4, 0.5) is 0 Å². The molecule has 15 heavy (non-hydrogen) atoms. The van der Waals surface area contributed by atoms with Crippen molar-refractivity contribution in [3.8, 4) is 0 Å². The number of halogens is 2. The van der Waals surface area contributed by atoms with Gasteiger partial charge in [-0.3, -0.25) is 0 Å². The minimum Gasteiger partial charge on any atom is -0.0888 e. The first-order valence-electron chi connectivity index (χ1n) is 5.64. The van der Waals surface area contributed by atoms with Crippen LogP contribution in [0.2, 0.25) is 0 Å². The molecule has 1 aromatic carbocycles. The molecule has 0 radical (unpaired) electrons. The Morgan fingerprint density at radius 2 is 1.80 bits per heavy atom. The highest BCUT2D eigenvalue weighted by Gasteiger charge is 2.22. The average Bonchev–Trinajstić information content (AvgIpc) is 2.25. The molecule has 0 aromatic heterocycles. The van der Waals surface area contributed by atoms with Gasteiger partial charge in [-0.05, 0) is 65.5 Å². The summed E-state index contributed by atoms with van der Waals surface area (Å²) < 4.78 is 1.33. The molecule has 0 nitrogen and oxygen atoms in total. The number of benzene rings is 1. The fraction of sp³-hybridized carbons (Fsp3) is 0.538. The van der Waals surface area contributed by atoms with Crippen LogP contribution in [0.1, 0.15) is 31.2 Å². The lowest BCUT2D eigenvalue weighted by atomic mass is 9.85. The van der Waals surface area contributed by atoms with Crippen LogP contribution in [0.5, 0.6) is 0 Å². The smallest absolute Gasteiger partial charge is 0.0177 e. The molecule has 0 spiro atoms. The second kappa shape index (κ2) is 5.67. The first kappa shape index (κ1) is 11.9. The molecule has 0 aliphatic heterocycles. The van der Waals surface area contributed by atoms with Gasteiger partial charge in [0.15, 0.2) is 0 Å². The molecule has 0 N–H and O–H groups in total. The summed E-state index contributed by atoms with van der Waals surface area (Å²) in [5, 5.41) is 0. The topological polar surface area (TPSA) is 0 Å². The Balaban J connectivity index is 1.98. The predicted octanol–water partition coefficient (Wildman–Crippen LogP) is 4.79. The zero-order valence-corrected chi connectivity index (χ0v) is 12.5. The highest BCUT2D eigenvalue weighted by atomic mass is 127. The second-order valence-electron chi connectivity index (χ2n) is 4.39. The van der Waals surface area contributed by atoms with E-state index in [0.29, 0.717) is 0 Å². The standard InChI is InChI=1S/C13H16BrI/c14-13-4-2-1-3-11(13)9-10-5-7-12(15)8-6-10/h5-8,11,13H,1-4,9H2. The quantitative estimate of drug-likeness (QED) is 0.512. The third-order valence-corrected chi connectivity index (χ3v) is 5.15. The normalized spacial score (nSPS) is 26.5. The van der Waals surface area contributed by atoms with Gasteiger partial charge >= 0.3 is 0 Å². The van der Waals surface area contributed by atoms with E-state index in [9.17, 15) is 0 Å².